The number of hydrogen-bond donors (Lipinski definition) is 0. The topological polar surface area (TPSA) is 73.4 Å². The van der Waals surface area contributed by atoms with Gasteiger partial charge in [0.25, 0.3) is 5.91 Å². The molecule has 0 radical (unpaired) electrons. The molecule has 0 aliphatic rings. The van der Waals surface area contributed by atoms with Crippen molar-refractivity contribution in [2.45, 2.75) is 27.0 Å². The quantitative estimate of drug-likeness (QED) is 0.594. The molecule has 2 aromatic heterocycles. The van der Waals surface area contributed by atoms with Crippen LogP contribution in [0.15, 0.2) is 39.5 Å². The van der Waals surface area contributed by atoms with Crippen LogP contribution in [0.1, 0.15) is 33.1 Å². The second-order valence-electron chi connectivity index (χ2n) is 6.39. The molecular formula is C19H21BrN4O3. The minimum Gasteiger partial charge on any atom is -0.489 e. The zero-order valence-corrected chi connectivity index (χ0v) is 17.3. The Hall–Kier alpha value is -2.61. The van der Waals surface area contributed by atoms with Crippen molar-refractivity contribution in [2.24, 2.45) is 7.05 Å². The van der Waals surface area contributed by atoms with E-state index in [-0.39, 0.29) is 18.2 Å². The van der Waals surface area contributed by atoms with Gasteiger partial charge in [0.2, 0.25) is 0 Å². The zero-order valence-electron chi connectivity index (χ0n) is 15.7. The van der Waals surface area contributed by atoms with Crippen molar-refractivity contribution in [3.8, 4) is 5.75 Å². The molecule has 0 fully saturated rings. The smallest absolute Gasteiger partial charge is 0.276 e. The molecule has 0 saturated carbocycles. The lowest BCUT2D eigenvalue weighted by Gasteiger charge is -2.17. The predicted octanol–water partition coefficient (Wildman–Crippen LogP) is 3.64. The molecule has 0 aliphatic heterocycles. The van der Waals surface area contributed by atoms with Gasteiger partial charge in [-0.3, -0.25) is 9.48 Å². The molecule has 0 spiro atoms. The molecule has 1 amide bonds. The van der Waals surface area contributed by atoms with Crippen LogP contribution < -0.4 is 4.74 Å². The Balaban J connectivity index is 1.74. The van der Waals surface area contributed by atoms with Crippen LogP contribution in [0.4, 0.5) is 0 Å². The molecule has 27 heavy (non-hydrogen) atoms. The van der Waals surface area contributed by atoms with Crippen molar-refractivity contribution in [3.05, 3.63) is 63.2 Å². The summed E-state index contributed by atoms with van der Waals surface area (Å²) in [6, 6.07) is 7.74. The van der Waals surface area contributed by atoms with Gasteiger partial charge < -0.3 is 14.2 Å². The molecule has 3 aromatic rings. The first-order valence-corrected chi connectivity index (χ1v) is 9.22. The summed E-state index contributed by atoms with van der Waals surface area (Å²) >= 11 is 3.45. The number of carbonyl (C=O) groups excluding carboxylic acids is 1. The number of amides is 1. The number of benzene rings is 1. The van der Waals surface area contributed by atoms with E-state index in [0.29, 0.717) is 17.9 Å². The molecule has 0 aliphatic carbocycles. The van der Waals surface area contributed by atoms with Crippen molar-refractivity contribution >= 4 is 21.8 Å². The minimum absolute atomic E-state index is 0.211. The molecule has 0 saturated heterocycles. The highest BCUT2D eigenvalue weighted by Crippen LogP contribution is 2.21. The lowest BCUT2D eigenvalue weighted by atomic mass is 10.2. The van der Waals surface area contributed by atoms with E-state index < -0.39 is 0 Å². The monoisotopic (exact) mass is 432 g/mol. The van der Waals surface area contributed by atoms with E-state index in [9.17, 15) is 4.79 Å². The highest BCUT2D eigenvalue weighted by Gasteiger charge is 2.24. The lowest BCUT2D eigenvalue weighted by molar-refractivity contribution is 0.0769. The first-order valence-electron chi connectivity index (χ1n) is 8.43. The third-order valence-electron chi connectivity index (χ3n) is 4.34. The first-order chi connectivity index (χ1) is 12.9. The molecule has 0 bridgehead atoms. The maximum absolute atomic E-state index is 12.9. The Morgan fingerprint density at radius 3 is 2.63 bits per heavy atom. The van der Waals surface area contributed by atoms with Gasteiger partial charge in [0.1, 0.15) is 18.1 Å². The number of aryl methyl sites for hydroxylation is 3. The average molecular weight is 433 g/mol. The Kier molecular flexibility index (Phi) is 5.65. The standard InChI is InChI=1S/C19H21BrN4O3/c1-12-5-7-14(8-6-12)26-11-15-13(2)27-22-18(15)19(25)23(3)10-17-16(20)9-21-24(17)4/h5-9H,10-11H2,1-4H3. The summed E-state index contributed by atoms with van der Waals surface area (Å²) < 4.78 is 13.6. The summed E-state index contributed by atoms with van der Waals surface area (Å²) in [5.74, 6) is 1.06. The van der Waals surface area contributed by atoms with Gasteiger partial charge in [-0.1, -0.05) is 22.9 Å². The van der Waals surface area contributed by atoms with Crippen LogP contribution in [0.3, 0.4) is 0 Å². The van der Waals surface area contributed by atoms with E-state index in [1.807, 2.05) is 38.2 Å². The van der Waals surface area contributed by atoms with Gasteiger partial charge in [-0.25, -0.2) is 0 Å². The highest BCUT2D eigenvalue weighted by atomic mass is 79.9. The van der Waals surface area contributed by atoms with Gasteiger partial charge >= 0.3 is 0 Å². The molecule has 142 valence electrons. The Bertz CT molecular complexity index is 927. The average Bonchev–Trinajstić information content (AvgIpc) is 3.17. The maximum atomic E-state index is 12.9. The zero-order chi connectivity index (χ0) is 19.6. The summed E-state index contributed by atoms with van der Waals surface area (Å²) in [6.45, 7) is 4.39. The van der Waals surface area contributed by atoms with Crippen molar-refractivity contribution in [1.29, 1.82) is 0 Å². The molecular weight excluding hydrogens is 412 g/mol. The number of ether oxygens (including phenoxy) is 1. The number of rotatable bonds is 6. The summed E-state index contributed by atoms with van der Waals surface area (Å²) in [5.41, 5.74) is 2.96. The first kappa shape index (κ1) is 19.2. The van der Waals surface area contributed by atoms with Gasteiger partial charge in [0, 0.05) is 14.1 Å². The lowest BCUT2D eigenvalue weighted by Crippen LogP contribution is -2.28. The van der Waals surface area contributed by atoms with Gasteiger partial charge in [-0.2, -0.15) is 5.10 Å². The normalized spacial score (nSPS) is 10.9. The minimum atomic E-state index is -0.234. The van der Waals surface area contributed by atoms with Crippen LogP contribution in [0, 0.1) is 13.8 Å². The molecule has 0 unspecified atom stereocenters. The van der Waals surface area contributed by atoms with Crippen molar-refractivity contribution in [3.63, 3.8) is 0 Å². The summed E-state index contributed by atoms with van der Waals surface area (Å²) in [4.78, 5) is 14.5. The maximum Gasteiger partial charge on any atom is 0.276 e. The van der Waals surface area contributed by atoms with Crippen molar-refractivity contribution in [1.82, 2.24) is 19.8 Å². The van der Waals surface area contributed by atoms with E-state index in [0.717, 1.165) is 21.5 Å². The number of hydrogen-bond acceptors (Lipinski definition) is 5. The fraction of sp³-hybridized carbons (Fsp3) is 0.316. The predicted molar refractivity (Wildman–Crippen MR) is 103 cm³/mol. The van der Waals surface area contributed by atoms with Crippen LogP contribution in [-0.4, -0.2) is 32.8 Å². The van der Waals surface area contributed by atoms with Gasteiger partial charge in [-0.05, 0) is 41.9 Å². The van der Waals surface area contributed by atoms with Gasteiger partial charge in [0.15, 0.2) is 5.69 Å². The highest BCUT2D eigenvalue weighted by molar-refractivity contribution is 9.10. The number of halogens is 1. The molecule has 2 heterocycles. The Labute approximate surface area is 166 Å². The third kappa shape index (κ3) is 4.21. The van der Waals surface area contributed by atoms with Crippen molar-refractivity contribution in [2.75, 3.05) is 7.05 Å². The van der Waals surface area contributed by atoms with Crippen LogP contribution in [0.25, 0.3) is 0 Å². The van der Waals surface area contributed by atoms with E-state index in [1.54, 1.807) is 29.7 Å². The second kappa shape index (κ2) is 7.96. The van der Waals surface area contributed by atoms with Gasteiger partial charge in [0.05, 0.1) is 28.5 Å². The number of aromatic nitrogens is 3. The SMILES string of the molecule is Cc1ccc(OCc2c(C(=O)N(C)Cc3c(Br)cnn3C)noc2C)cc1. The third-order valence-corrected chi connectivity index (χ3v) is 5.00. The van der Waals surface area contributed by atoms with Crippen LogP contribution >= 0.6 is 15.9 Å². The second-order valence-corrected chi connectivity index (χ2v) is 7.25. The van der Waals surface area contributed by atoms with Gasteiger partial charge in [-0.15, -0.1) is 0 Å². The van der Waals surface area contributed by atoms with E-state index in [4.69, 9.17) is 9.26 Å². The van der Waals surface area contributed by atoms with Crippen LogP contribution in [0.5, 0.6) is 5.75 Å². The molecule has 0 atom stereocenters. The fourth-order valence-corrected chi connectivity index (χ4v) is 3.08. The van der Waals surface area contributed by atoms with E-state index in [1.165, 1.54) is 0 Å². The Morgan fingerprint density at radius 2 is 2.00 bits per heavy atom. The largest absolute Gasteiger partial charge is 0.489 e. The summed E-state index contributed by atoms with van der Waals surface area (Å²) in [5, 5.41) is 8.13. The number of carbonyl (C=O) groups is 1. The molecule has 3 rings (SSSR count). The molecule has 0 N–H and O–H groups in total. The molecule has 7 nitrogen and oxygen atoms in total. The molecule has 1 aromatic carbocycles. The summed E-state index contributed by atoms with van der Waals surface area (Å²) in [7, 11) is 3.55. The number of nitrogens with zero attached hydrogens (tertiary/aromatic N) is 4. The van der Waals surface area contributed by atoms with E-state index in [2.05, 4.69) is 26.2 Å². The van der Waals surface area contributed by atoms with Crippen molar-refractivity contribution < 1.29 is 14.1 Å². The Morgan fingerprint density at radius 1 is 1.30 bits per heavy atom. The van der Waals surface area contributed by atoms with E-state index >= 15 is 0 Å². The fourth-order valence-electron chi connectivity index (χ4n) is 2.61. The molecule has 8 heteroatoms. The summed E-state index contributed by atoms with van der Waals surface area (Å²) in [6.07, 6.45) is 1.70. The van der Waals surface area contributed by atoms with Crippen LogP contribution in [0.2, 0.25) is 0 Å². The van der Waals surface area contributed by atoms with Crippen LogP contribution in [-0.2, 0) is 20.2 Å².